The number of aryl methyl sites for hydroxylation is 1. The first kappa shape index (κ1) is 15.2. The molecule has 2 atom stereocenters. The summed E-state index contributed by atoms with van der Waals surface area (Å²) in [5, 5.41) is -0.354. The Morgan fingerprint density at radius 3 is 2.39 bits per heavy atom. The molecule has 0 aliphatic heterocycles. The molecule has 0 spiro atoms. The summed E-state index contributed by atoms with van der Waals surface area (Å²) >= 11 is 0. The van der Waals surface area contributed by atoms with E-state index in [9.17, 15) is 8.42 Å². The number of hydrogen-bond acceptors (Lipinski definition) is 3. The number of hydrogen-bond donors (Lipinski definition) is 0. The van der Waals surface area contributed by atoms with Crippen molar-refractivity contribution in [2.45, 2.75) is 38.6 Å². The van der Waals surface area contributed by atoms with E-state index in [1.54, 1.807) is 6.92 Å². The minimum atomic E-state index is -2.99. The molecule has 18 heavy (non-hydrogen) atoms. The summed E-state index contributed by atoms with van der Waals surface area (Å²) in [6.45, 7) is 6.56. The van der Waals surface area contributed by atoms with Crippen LogP contribution >= 0.6 is 0 Å². The quantitative estimate of drug-likeness (QED) is 0.823. The number of sulfone groups is 1. The summed E-state index contributed by atoms with van der Waals surface area (Å²) in [7, 11) is -1.02. The van der Waals surface area contributed by atoms with Gasteiger partial charge in [0.15, 0.2) is 9.84 Å². The molecule has 3 nitrogen and oxygen atoms in total. The van der Waals surface area contributed by atoms with Crippen molar-refractivity contribution in [1.82, 2.24) is 4.90 Å². The van der Waals surface area contributed by atoms with Gasteiger partial charge < -0.3 is 0 Å². The van der Waals surface area contributed by atoms with Gasteiger partial charge in [0.1, 0.15) is 0 Å². The van der Waals surface area contributed by atoms with E-state index in [0.29, 0.717) is 0 Å². The molecular weight excluding hydrogens is 246 g/mol. The summed E-state index contributed by atoms with van der Waals surface area (Å²) in [5.41, 5.74) is 2.44. The third-order valence-corrected chi connectivity index (χ3v) is 5.31. The second-order valence-electron chi connectivity index (χ2n) is 5.18. The first-order chi connectivity index (χ1) is 8.21. The van der Waals surface area contributed by atoms with E-state index in [4.69, 9.17) is 0 Å². The largest absolute Gasteiger partial charge is 0.298 e. The van der Waals surface area contributed by atoms with Crippen LogP contribution in [-0.4, -0.2) is 37.9 Å². The van der Waals surface area contributed by atoms with Crippen LogP contribution in [0.2, 0.25) is 0 Å². The first-order valence-corrected chi connectivity index (χ1v) is 8.12. The van der Waals surface area contributed by atoms with Gasteiger partial charge in [-0.3, -0.25) is 4.90 Å². The lowest BCUT2D eigenvalue weighted by atomic mass is 10.1. The standard InChI is InChI=1S/C14H23NO2S/c1-11-7-6-8-14(9-11)10-15(4)12(2)13(3)18(5,16)17/h6-9,12-13H,10H2,1-5H3. The minimum absolute atomic E-state index is 0.000474. The monoisotopic (exact) mass is 269 g/mol. The average molecular weight is 269 g/mol. The Kier molecular flexibility index (Phi) is 4.93. The Bertz CT molecular complexity index is 496. The van der Waals surface area contributed by atoms with Gasteiger partial charge >= 0.3 is 0 Å². The molecule has 0 aromatic heterocycles. The van der Waals surface area contributed by atoms with Gasteiger partial charge in [-0.05, 0) is 33.4 Å². The molecule has 0 amide bonds. The van der Waals surface area contributed by atoms with Crippen LogP contribution in [0.4, 0.5) is 0 Å². The minimum Gasteiger partial charge on any atom is -0.298 e. The van der Waals surface area contributed by atoms with Gasteiger partial charge in [-0.1, -0.05) is 29.8 Å². The first-order valence-electron chi connectivity index (χ1n) is 6.16. The van der Waals surface area contributed by atoms with E-state index < -0.39 is 9.84 Å². The van der Waals surface area contributed by atoms with Gasteiger partial charge in [0.2, 0.25) is 0 Å². The fraction of sp³-hybridized carbons (Fsp3) is 0.571. The summed E-state index contributed by atoms with van der Waals surface area (Å²) in [6, 6.07) is 8.30. The third kappa shape index (κ3) is 4.10. The maximum atomic E-state index is 11.6. The van der Waals surface area contributed by atoms with Gasteiger partial charge in [-0.2, -0.15) is 0 Å². The Hall–Kier alpha value is -0.870. The smallest absolute Gasteiger partial charge is 0.151 e. The Morgan fingerprint density at radius 2 is 1.89 bits per heavy atom. The van der Waals surface area contributed by atoms with Gasteiger partial charge in [0.05, 0.1) is 5.25 Å². The van der Waals surface area contributed by atoms with Crippen LogP contribution in [-0.2, 0) is 16.4 Å². The molecule has 4 heteroatoms. The van der Waals surface area contributed by atoms with Crippen LogP contribution in [0, 0.1) is 6.92 Å². The molecule has 1 aromatic carbocycles. The van der Waals surface area contributed by atoms with Crippen molar-refractivity contribution >= 4 is 9.84 Å². The highest BCUT2D eigenvalue weighted by Gasteiger charge is 2.25. The highest BCUT2D eigenvalue weighted by molar-refractivity contribution is 7.91. The topological polar surface area (TPSA) is 37.4 Å². The molecule has 0 saturated carbocycles. The molecule has 1 rings (SSSR count). The molecule has 0 fully saturated rings. The van der Waals surface area contributed by atoms with Crippen LogP contribution in [0.3, 0.4) is 0 Å². The highest BCUT2D eigenvalue weighted by atomic mass is 32.2. The molecule has 0 aliphatic rings. The van der Waals surface area contributed by atoms with Crippen LogP contribution in [0.1, 0.15) is 25.0 Å². The maximum Gasteiger partial charge on any atom is 0.151 e. The Balaban J connectivity index is 2.74. The predicted octanol–water partition coefficient (Wildman–Crippen LogP) is 2.25. The van der Waals surface area contributed by atoms with E-state index in [0.717, 1.165) is 6.54 Å². The fourth-order valence-corrected chi connectivity index (χ4v) is 2.88. The van der Waals surface area contributed by atoms with Gasteiger partial charge in [0.25, 0.3) is 0 Å². The molecular formula is C14H23NO2S. The van der Waals surface area contributed by atoms with E-state index >= 15 is 0 Å². The third-order valence-electron chi connectivity index (χ3n) is 3.56. The van der Waals surface area contributed by atoms with Gasteiger partial charge in [-0.25, -0.2) is 8.42 Å². The maximum absolute atomic E-state index is 11.6. The van der Waals surface area contributed by atoms with Crippen molar-refractivity contribution in [2.24, 2.45) is 0 Å². The highest BCUT2D eigenvalue weighted by Crippen LogP contribution is 2.14. The summed E-state index contributed by atoms with van der Waals surface area (Å²) < 4.78 is 23.1. The average Bonchev–Trinajstić information content (AvgIpc) is 2.25. The van der Waals surface area contributed by atoms with Crippen LogP contribution in [0.15, 0.2) is 24.3 Å². The summed E-state index contributed by atoms with van der Waals surface area (Å²) in [4.78, 5) is 2.08. The molecule has 0 aliphatic carbocycles. The zero-order valence-corrected chi connectivity index (χ0v) is 12.7. The zero-order valence-electron chi connectivity index (χ0n) is 11.8. The van der Waals surface area contributed by atoms with Crippen LogP contribution in [0.25, 0.3) is 0 Å². The van der Waals surface area contributed by atoms with Crippen molar-refractivity contribution in [1.29, 1.82) is 0 Å². The molecule has 0 radical (unpaired) electrons. The lowest BCUT2D eigenvalue weighted by Gasteiger charge is -2.28. The number of rotatable bonds is 5. The molecule has 102 valence electrons. The molecule has 2 unspecified atom stereocenters. The predicted molar refractivity (Wildman–Crippen MR) is 76.4 cm³/mol. The molecule has 1 aromatic rings. The van der Waals surface area contributed by atoms with Crippen molar-refractivity contribution < 1.29 is 8.42 Å². The van der Waals surface area contributed by atoms with E-state index in [-0.39, 0.29) is 11.3 Å². The molecule has 0 bridgehead atoms. The van der Waals surface area contributed by atoms with Gasteiger partial charge in [-0.15, -0.1) is 0 Å². The molecule has 0 N–H and O–H groups in total. The Morgan fingerprint density at radius 1 is 1.28 bits per heavy atom. The van der Waals surface area contributed by atoms with E-state index in [1.807, 2.05) is 20.0 Å². The van der Waals surface area contributed by atoms with Crippen molar-refractivity contribution in [3.8, 4) is 0 Å². The van der Waals surface area contributed by atoms with Crippen molar-refractivity contribution in [2.75, 3.05) is 13.3 Å². The van der Waals surface area contributed by atoms with Crippen LogP contribution in [0.5, 0.6) is 0 Å². The van der Waals surface area contributed by atoms with E-state index in [1.165, 1.54) is 17.4 Å². The van der Waals surface area contributed by atoms with Crippen molar-refractivity contribution in [3.63, 3.8) is 0 Å². The summed E-state index contributed by atoms with van der Waals surface area (Å²) in [6.07, 6.45) is 1.30. The zero-order chi connectivity index (χ0) is 13.9. The SMILES string of the molecule is Cc1cccc(CN(C)C(C)C(C)S(C)(=O)=O)c1. The molecule has 0 saturated heterocycles. The molecule has 0 heterocycles. The Labute approximate surface area is 111 Å². The lowest BCUT2D eigenvalue weighted by Crippen LogP contribution is -2.40. The van der Waals surface area contributed by atoms with E-state index in [2.05, 4.69) is 30.0 Å². The lowest BCUT2D eigenvalue weighted by molar-refractivity contribution is 0.245. The summed E-state index contributed by atoms with van der Waals surface area (Å²) in [5.74, 6) is 0. The number of nitrogens with zero attached hydrogens (tertiary/aromatic N) is 1. The normalized spacial score (nSPS) is 15.7. The van der Waals surface area contributed by atoms with Crippen molar-refractivity contribution in [3.05, 3.63) is 35.4 Å². The van der Waals surface area contributed by atoms with Crippen LogP contribution < -0.4 is 0 Å². The fourth-order valence-electron chi connectivity index (χ4n) is 1.96. The second kappa shape index (κ2) is 5.85. The van der Waals surface area contributed by atoms with Gasteiger partial charge in [0, 0.05) is 18.8 Å². The number of benzene rings is 1. The second-order valence-corrected chi connectivity index (χ2v) is 7.58.